The minimum Gasteiger partial charge on any atom is -0.269 e. The Morgan fingerprint density at radius 2 is 1.88 bits per heavy atom. The van der Waals surface area contributed by atoms with Crippen molar-refractivity contribution in [3.8, 4) is 0 Å². The SMILES string of the molecule is O=S(=O)(Nc1cccnc1)N1CCCCCC1. The third-order valence-electron chi connectivity index (χ3n) is 2.81. The number of hydrogen-bond donors (Lipinski definition) is 1. The second-order valence-electron chi connectivity index (χ2n) is 4.16. The average Bonchev–Trinajstić information content (AvgIpc) is 2.58. The van der Waals surface area contributed by atoms with Gasteiger partial charge in [-0.15, -0.1) is 0 Å². The maximum Gasteiger partial charge on any atom is 0.301 e. The molecular weight excluding hydrogens is 238 g/mol. The molecule has 0 aromatic carbocycles. The second kappa shape index (κ2) is 5.46. The molecule has 0 amide bonds. The predicted molar refractivity (Wildman–Crippen MR) is 66.8 cm³/mol. The second-order valence-corrected chi connectivity index (χ2v) is 5.83. The molecule has 1 fully saturated rings. The van der Waals surface area contributed by atoms with E-state index in [1.165, 1.54) is 10.5 Å². The average molecular weight is 255 g/mol. The highest BCUT2D eigenvalue weighted by molar-refractivity contribution is 7.90. The molecule has 0 spiro atoms. The van der Waals surface area contributed by atoms with E-state index in [1.54, 1.807) is 18.3 Å². The van der Waals surface area contributed by atoms with Crippen molar-refractivity contribution in [1.82, 2.24) is 9.29 Å². The molecule has 0 bridgehead atoms. The summed E-state index contributed by atoms with van der Waals surface area (Å²) in [6.07, 6.45) is 7.22. The van der Waals surface area contributed by atoms with Crippen molar-refractivity contribution >= 4 is 15.9 Å². The molecule has 0 unspecified atom stereocenters. The number of pyridine rings is 1. The molecule has 5 nitrogen and oxygen atoms in total. The maximum atomic E-state index is 12.1. The molecule has 6 heteroatoms. The fourth-order valence-electron chi connectivity index (χ4n) is 1.92. The normalized spacial score (nSPS) is 18.6. The van der Waals surface area contributed by atoms with Crippen LogP contribution >= 0.6 is 0 Å². The minimum atomic E-state index is -3.42. The van der Waals surface area contributed by atoms with Gasteiger partial charge in [-0.25, -0.2) is 0 Å². The molecule has 17 heavy (non-hydrogen) atoms. The summed E-state index contributed by atoms with van der Waals surface area (Å²) in [5, 5.41) is 0. The first-order chi connectivity index (χ1) is 8.18. The van der Waals surface area contributed by atoms with Crippen molar-refractivity contribution < 1.29 is 8.42 Å². The molecule has 2 heterocycles. The highest BCUT2D eigenvalue weighted by Gasteiger charge is 2.22. The summed E-state index contributed by atoms with van der Waals surface area (Å²) in [6.45, 7) is 1.21. The molecule has 0 radical (unpaired) electrons. The van der Waals surface area contributed by atoms with Gasteiger partial charge in [-0.05, 0) is 25.0 Å². The van der Waals surface area contributed by atoms with Crippen molar-refractivity contribution in [1.29, 1.82) is 0 Å². The summed E-state index contributed by atoms with van der Waals surface area (Å²) in [6, 6.07) is 3.41. The van der Waals surface area contributed by atoms with Crippen LogP contribution in [0, 0.1) is 0 Å². The quantitative estimate of drug-likeness (QED) is 0.892. The zero-order chi connectivity index (χ0) is 12.1. The van der Waals surface area contributed by atoms with E-state index >= 15 is 0 Å². The van der Waals surface area contributed by atoms with Gasteiger partial charge in [-0.3, -0.25) is 9.71 Å². The lowest BCUT2D eigenvalue weighted by atomic mass is 10.2. The van der Waals surface area contributed by atoms with Gasteiger partial charge in [0.2, 0.25) is 0 Å². The van der Waals surface area contributed by atoms with Crippen LogP contribution in [0.3, 0.4) is 0 Å². The highest BCUT2D eigenvalue weighted by Crippen LogP contribution is 2.15. The molecule has 0 saturated carbocycles. The molecule has 1 N–H and O–H groups in total. The van der Waals surface area contributed by atoms with Crippen molar-refractivity contribution in [2.45, 2.75) is 25.7 Å². The third kappa shape index (κ3) is 3.41. The number of nitrogens with one attached hydrogen (secondary N) is 1. The standard InChI is InChI=1S/C11H17N3O2S/c15-17(16,13-11-6-5-7-12-10-11)14-8-3-1-2-4-9-14/h5-7,10,13H,1-4,8-9H2. The first-order valence-corrected chi connectivity index (χ1v) is 7.30. The molecule has 1 aromatic heterocycles. The van der Waals surface area contributed by atoms with Crippen LogP contribution in [0.5, 0.6) is 0 Å². The van der Waals surface area contributed by atoms with E-state index in [9.17, 15) is 8.42 Å². The van der Waals surface area contributed by atoms with Crippen LogP contribution in [-0.4, -0.2) is 30.8 Å². The van der Waals surface area contributed by atoms with Crippen molar-refractivity contribution in [3.63, 3.8) is 0 Å². The van der Waals surface area contributed by atoms with E-state index in [0.29, 0.717) is 18.8 Å². The summed E-state index contributed by atoms with van der Waals surface area (Å²) in [7, 11) is -3.42. The number of anilines is 1. The lowest BCUT2D eigenvalue weighted by Crippen LogP contribution is -2.36. The number of hydrogen-bond acceptors (Lipinski definition) is 3. The fraction of sp³-hybridized carbons (Fsp3) is 0.545. The summed E-state index contributed by atoms with van der Waals surface area (Å²) in [5.41, 5.74) is 0.511. The maximum absolute atomic E-state index is 12.1. The smallest absolute Gasteiger partial charge is 0.269 e. The minimum absolute atomic E-state index is 0.511. The predicted octanol–water partition coefficient (Wildman–Crippen LogP) is 1.61. The molecule has 0 atom stereocenters. The summed E-state index contributed by atoms with van der Waals surface area (Å²) < 4.78 is 28.3. The van der Waals surface area contributed by atoms with E-state index in [-0.39, 0.29) is 0 Å². The van der Waals surface area contributed by atoms with Crippen molar-refractivity contribution in [2.75, 3.05) is 17.8 Å². The van der Waals surface area contributed by atoms with Crippen LogP contribution in [0.15, 0.2) is 24.5 Å². The molecule has 1 aliphatic heterocycles. The molecule has 0 aliphatic carbocycles. The first-order valence-electron chi connectivity index (χ1n) is 5.86. The topological polar surface area (TPSA) is 62.3 Å². The number of rotatable bonds is 3. The van der Waals surface area contributed by atoms with Crippen LogP contribution in [0.4, 0.5) is 5.69 Å². The van der Waals surface area contributed by atoms with E-state index in [0.717, 1.165) is 25.7 Å². The molecular formula is C11H17N3O2S. The Labute approximate surface area is 102 Å². The molecule has 1 aliphatic rings. The Balaban J connectivity index is 2.07. The third-order valence-corrected chi connectivity index (χ3v) is 4.35. The van der Waals surface area contributed by atoms with E-state index in [2.05, 4.69) is 9.71 Å². The summed E-state index contributed by atoms with van der Waals surface area (Å²) in [4.78, 5) is 3.89. The largest absolute Gasteiger partial charge is 0.301 e. The van der Waals surface area contributed by atoms with E-state index < -0.39 is 10.2 Å². The molecule has 94 valence electrons. The fourth-order valence-corrected chi connectivity index (χ4v) is 3.21. The van der Waals surface area contributed by atoms with E-state index in [1.807, 2.05) is 0 Å². The molecule has 1 saturated heterocycles. The van der Waals surface area contributed by atoms with Gasteiger partial charge >= 0.3 is 10.2 Å². The van der Waals surface area contributed by atoms with Gasteiger partial charge in [0, 0.05) is 19.3 Å². The zero-order valence-electron chi connectivity index (χ0n) is 9.67. The zero-order valence-corrected chi connectivity index (χ0v) is 10.5. The van der Waals surface area contributed by atoms with Gasteiger partial charge in [0.25, 0.3) is 0 Å². The first kappa shape index (κ1) is 12.3. The highest BCUT2D eigenvalue weighted by atomic mass is 32.2. The molecule has 1 aromatic rings. The molecule has 2 rings (SSSR count). The number of aromatic nitrogens is 1. The lowest BCUT2D eigenvalue weighted by Gasteiger charge is -2.20. The Morgan fingerprint density at radius 1 is 1.18 bits per heavy atom. The Kier molecular flexibility index (Phi) is 3.96. The number of nitrogens with zero attached hydrogens (tertiary/aromatic N) is 2. The van der Waals surface area contributed by atoms with E-state index in [4.69, 9.17) is 0 Å². The summed E-state index contributed by atoms with van der Waals surface area (Å²) >= 11 is 0. The van der Waals surface area contributed by atoms with Crippen LogP contribution in [-0.2, 0) is 10.2 Å². The summed E-state index contributed by atoms with van der Waals surface area (Å²) in [5.74, 6) is 0. The van der Waals surface area contributed by atoms with Gasteiger partial charge in [0.1, 0.15) is 0 Å². The van der Waals surface area contributed by atoms with Crippen LogP contribution in [0.25, 0.3) is 0 Å². The van der Waals surface area contributed by atoms with Crippen LogP contribution in [0.2, 0.25) is 0 Å². The van der Waals surface area contributed by atoms with Crippen LogP contribution in [0.1, 0.15) is 25.7 Å². The van der Waals surface area contributed by atoms with Crippen molar-refractivity contribution in [3.05, 3.63) is 24.5 Å². The van der Waals surface area contributed by atoms with Gasteiger partial charge in [-0.1, -0.05) is 12.8 Å². The van der Waals surface area contributed by atoms with Gasteiger partial charge in [0.15, 0.2) is 0 Å². The Morgan fingerprint density at radius 3 is 2.47 bits per heavy atom. The van der Waals surface area contributed by atoms with Crippen LogP contribution < -0.4 is 4.72 Å². The Bertz CT molecular complexity index is 439. The Hall–Kier alpha value is -1.14. The van der Waals surface area contributed by atoms with Gasteiger partial charge in [-0.2, -0.15) is 12.7 Å². The monoisotopic (exact) mass is 255 g/mol. The van der Waals surface area contributed by atoms with Crippen molar-refractivity contribution in [2.24, 2.45) is 0 Å². The lowest BCUT2D eigenvalue weighted by molar-refractivity contribution is 0.427. The van der Waals surface area contributed by atoms with Gasteiger partial charge in [0.05, 0.1) is 11.9 Å². The van der Waals surface area contributed by atoms with Gasteiger partial charge < -0.3 is 0 Å².